The summed E-state index contributed by atoms with van der Waals surface area (Å²) in [6, 6.07) is 2.81. The zero-order chi connectivity index (χ0) is 20.3. The first kappa shape index (κ1) is 20.4. The highest BCUT2D eigenvalue weighted by molar-refractivity contribution is 7.89. The van der Waals surface area contributed by atoms with Gasteiger partial charge in [0.1, 0.15) is 10.7 Å². The summed E-state index contributed by atoms with van der Waals surface area (Å²) in [5.41, 5.74) is -0.214. The second-order valence-corrected chi connectivity index (χ2v) is 8.19. The molecule has 0 aliphatic carbocycles. The molecule has 1 aromatic carbocycles. The van der Waals surface area contributed by atoms with Gasteiger partial charge in [0.15, 0.2) is 6.61 Å². The number of carbonyl (C=O) groups is 3. The van der Waals surface area contributed by atoms with E-state index in [0.717, 1.165) is 27.4 Å². The molecule has 0 saturated carbocycles. The quantitative estimate of drug-likeness (QED) is 0.631. The third kappa shape index (κ3) is 4.21. The summed E-state index contributed by atoms with van der Waals surface area (Å²) in [6.45, 7) is 0.157. The van der Waals surface area contributed by atoms with Crippen LogP contribution < -0.4 is 0 Å². The molecule has 11 heteroatoms. The first-order chi connectivity index (χ1) is 13.3. The molecule has 28 heavy (non-hydrogen) atoms. The number of rotatable bonds is 5. The number of nitrogens with zero attached hydrogens (tertiary/aromatic N) is 2. The van der Waals surface area contributed by atoms with Gasteiger partial charge >= 0.3 is 5.97 Å². The molecule has 9 nitrogen and oxygen atoms in total. The van der Waals surface area contributed by atoms with Gasteiger partial charge in [0.25, 0.3) is 5.91 Å². The number of hydrogen-bond acceptors (Lipinski definition) is 7. The Bertz CT molecular complexity index is 897. The fourth-order valence-corrected chi connectivity index (χ4v) is 4.45. The second-order valence-electron chi connectivity index (χ2n) is 6.28. The maximum Gasteiger partial charge on any atom is 0.338 e. The third-order valence-corrected chi connectivity index (χ3v) is 6.37. The van der Waals surface area contributed by atoms with Crippen LogP contribution in [0.15, 0.2) is 23.1 Å². The Hall–Kier alpha value is -2.37. The van der Waals surface area contributed by atoms with E-state index in [1.165, 1.54) is 0 Å². The van der Waals surface area contributed by atoms with Gasteiger partial charge < -0.3 is 9.47 Å². The number of morpholine rings is 1. The van der Waals surface area contributed by atoms with Crippen LogP contribution in [0.4, 0.5) is 4.39 Å². The molecule has 1 aromatic rings. The van der Waals surface area contributed by atoms with Crippen molar-refractivity contribution in [3.8, 4) is 0 Å². The standard InChI is InChI=1S/C17H19FN2O7S/c18-13-4-3-12(10-14(13)28(24,25)19-6-8-26-9-7-19)17(23)27-11-16(22)20-5-1-2-15(20)21/h3-4,10H,1-2,5-9,11H2. The van der Waals surface area contributed by atoms with Crippen molar-refractivity contribution < 1.29 is 36.7 Å². The van der Waals surface area contributed by atoms with E-state index in [1.807, 2.05) is 0 Å². The molecule has 0 aromatic heterocycles. The van der Waals surface area contributed by atoms with Gasteiger partial charge in [-0.1, -0.05) is 0 Å². The minimum absolute atomic E-state index is 0.0782. The fourth-order valence-electron chi connectivity index (χ4n) is 2.95. The van der Waals surface area contributed by atoms with Crippen LogP contribution in [0, 0.1) is 5.82 Å². The largest absolute Gasteiger partial charge is 0.452 e. The van der Waals surface area contributed by atoms with Crippen LogP contribution in [0.2, 0.25) is 0 Å². The Kier molecular flexibility index (Phi) is 6.06. The van der Waals surface area contributed by atoms with Gasteiger partial charge in [0.2, 0.25) is 15.9 Å². The van der Waals surface area contributed by atoms with Gasteiger partial charge in [0.05, 0.1) is 18.8 Å². The highest BCUT2D eigenvalue weighted by Gasteiger charge is 2.31. The molecule has 2 aliphatic heterocycles. The summed E-state index contributed by atoms with van der Waals surface area (Å²) in [4.78, 5) is 36.0. The van der Waals surface area contributed by atoms with E-state index in [9.17, 15) is 27.2 Å². The zero-order valence-electron chi connectivity index (χ0n) is 14.9. The van der Waals surface area contributed by atoms with Crippen molar-refractivity contribution in [1.29, 1.82) is 0 Å². The lowest BCUT2D eigenvalue weighted by atomic mass is 10.2. The van der Waals surface area contributed by atoms with E-state index in [4.69, 9.17) is 9.47 Å². The molecule has 2 aliphatic rings. The molecule has 0 N–H and O–H groups in total. The van der Waals surface area contributed by atoms with Gasteiger partial charge in [0, 0.05) is 26.1 Å². The smallest absolute Gasteiger partial charge is 0.338 e. The molecule has 2 fully saturated rings. The fraction of sp³-hybridized carbons (Fsp3) is 0.471. The van der Waals surface area contributed by atoms with E-state index in [-0.39, 0.29) is 50.7 Å². The van der Waals surface area contributed by atoms with Crippen LogP contribution >= 0.6 is 0 Å². The third-order valence-electron chi connectivity index (χ3n) is 4.46. The molecular weight excluding hydrogens is 395 g/mol. The van der Waals surface area contributed by atoms with E-state index in [2.05, 4.69) is 0 Å². The van der Waals surface area contributed by atoms with Gasteiger partial charge in [-0.15, -0.1) is 0 Å². The Morgan fingerprint density at radius 2 is 1.89 bits per heavy atom. The number of halogens is 1. The zero-order valence-corrected chi connectivity index (χ0v) is 15.7. The van der Waals surface area contributed by atoms with Crippen LogP contribution in [0.5, 0.6) is 0 Å². The van der Waals surface area contributed by atoms with Crippen molar-refractivity contribution in [3.05, 3.63) is 29.6 Å². The number of hydrogen-bond donors (Lipinski definition) is 0. The topological polar surface area (TPSA) is 110 Å². The number of amides is 2. The molecule has 0 radical (unpaired) electrons. The molecule has 0 atom stereocenters. The minimum atomic E-state index is -4.15. The normalized spacial score (nSPS) is 18.3. The van der Waals surface area contributed by atoms with Crippen molar-refractivity contribution >= 4 is 27.8 Å². The maximum absolute atomic E-state index is 14.2. The number of imide groups is 1. The highest BCUT2D eigenvalue weighted by Crippen LogP contribution is 2.22. The van der Waals surface area contributed by atoms with Crippen LogP contribution in [0.1, 0.15) is 23.2 Å². The van der Waals surface area contributed by atoms with Crippen LogP contribution in [0.25, 0.3) is 0 Å². The lowest BCUT2D eigenvalue weighted by Crippen LogP contribution is -2.41. The van der Waals surface area contributed by atoms with Crippen molar-refractivity contribution in [2.75, 3.05) is 39.5 Å². The van der Waals surface area contributed by atoms with Crippen LogP contribution in [-0.2, 0) is 29.1 Å². The number of sulfonamides is 1. The summed E-state index contributed by atoms with van der Waals surface area (Å²) >= 11 is 0. The summed E-state index contributed by atoms with van der Waals surface area (Å²) < 4.78 is 50.5. The molecule has 2 heterocycles. The summed E-state index contributed by atoms with van der Waals surface area (Å²) in [5, 5.41) is 0. The summed E-state index contributed by atoms with van der Waals surface area (Å²) in [7, 11) is -4.15. The lowest BCUT2D eigenvalue weighted by molar-refractivity contribution is -0.143. The predicted molar refractivity (Wildman–Crippen MR) is 92.2 cm³/mol. The van der Waals surface area contributed by atoms with Gasteiger partial charge in [-0.3, -0.25) is 14.5 Å². The molecule has 3 rings (SSSR count). The highest BCUT2D eigenvalue weighted by atomic mass is 32.2. The Balaban J connectivity index is 1.72. The molecule has 0 bridgehead atoms. The molecular formula is C17H19FN2O7S. The van der Waals surface area contributed by atoms with Crippen LogP contribution in [-0.4, -0.2) is 74.9 Å². The van der Waals surface area contributed by atoms with Crippen molar-refractivity contribution in [1.82, 2.24) is 9.21 Å². The molecule has 0 spiro atoms. The average Bonchev–Trinajstić information content (AvgIpc) is 3.12. The number of likely N-dealkylation sites (tertiary alicyclic amines) is 1. The van der Waals surface area contributed by atoms with E-state index < -0.39 is 39.2 Å². The van der Waals surface area contributed by atoms with E-state index >= 15 is 0 Å². The minimum Gasteiger partial charge on any atom is -0.452 e. The SMILES string of the molecule is O=C(OCC(=O)N1CCCC1=O)c1ccc(F)c(S(=O)(=O)N2CCOCC2)c1. The van der Waals surface area contributed by atoms with E-state index in [1.54, 1.807) is 0 Å². The number of esters is 1. The monoisotopic (exact) mass is 414 g/mol. The Morgan fingerprint density at radius 3 is 2.54 bits per heavy atom. The molecule has 152 valence electrons. The number of benzene rings is 1. The van der Waals surface area contributed by atoms with Crippen LogP contribution in [0.3, 0.4) is 0 Å². The van der Waals surface area contributed by atoms with E-state index in [0.29, 0.717) is 6.42 Å². The summed E-state index contributed by atoms with van der Waals surface area (Å²) in [5.74, 6) is -2.97. The second kappa shape index (κ2) is 8.33. The molecule has 2 amide bonds. The van der Waals surface area contributed by atoms with Gasteiger partial charge in [-0.2, -0.15) is 4.31 Å². The van der Waals surface area contributed by atoms with Crippen molar-refractivity contribution in [2.45, 2.75) is 17.7 Å². The maximum atomic E-state index is 14.2. The number of carbonyl (C=O) groups excluding carboxylic acids is 3. The average molecular weight is 414 g/mol. The first-order valence-electron chi connectivity index (χ1n) is 8.68. The first-order valence-corrected chi connectivity index (χ1v) is 10.1. The Morgan fingerprint density at radius 1 is 1.18 bits per heavy atom. The lowest BCUT2D eigenvalue weighted by Gasteiger charge is -2.26. The number of ether oxygens (including phenoxy) is 2. The van der Waals surface area contributed by atoms with Gasteiger partial charge in [-0.25, -0.2) is 17.6 Å². The van der Waals surface area contributed by atoms with Gasteiger partial charge in [-0.05, 0) is 24.6 Å². The molecule has 2 saturated heterocycles. The predicted octanol–water partition coefficient (Wildman–Crippen LogP) is 0.152. The summed E-state index contributed by atoms with van der Waals surface area (Å²) in [6.07, 6.45) is 0.819. The van der Waals surface area contributed by atoms with Crippen molar-refractivity contribution in [3.63, 3.8) is 0 Å². The Labute approximate surface area is 161 Å². The van der Waals surface area contributed by atoms with Crippen molar-refractivity contribution in [2.24, 2.45) is 0 Å². The molecule has 0 unspecified atom stereocenters.